The number of hydrogen-bond acceptors (Lipinski definition) is 2. The van der Waals surface area contributed by atoms with Crippen LogP contribution in [0.4, 0.5) is 5.69 Å². The Bertz CT molecular complexity index is 635. The highest BCUT2D eigenvalue weighted by Gasteiger charge is 2.00. The second kappa shape index (κ2) is 7.50. The van der Waals surface area contributed by atoms with Crippen LogP contribution in [-0.4, -0.2) is 12.5 Å². The molecule has 0 heterocycles. The third-order valence-corrected chi connectivity index (χ3v) is 2.96. The average molecular weight is 302 g/mol. The first-order chi connectivity index (χ1) is 10.2. The van der Waals surface area contributed by atoms with Crippen molar-refractivity contribution in [2.75, 3.05) is 11.9 Å². The third kappa shape index (κ3) is 4.97. The highest BCUT2D eigenvalue weighted by atomic mass is 35.5. The molecule has 0 spiro atoms. The number of anilines is 1. The van der Waals surface area contributed by atoms with Gasteiger partial charge in [0.05, 0.1) is 6.61 Å². The molecule has 0 saturated carbocycles. The summed E-state index contributed by atoms with van der Waals surface area (Å²) in [5.41, 5.74) is 1.62. The van der Waals surface area contributed by atoms with E-state index in [9.17, 15) is 4.79 Å². The van der Waals surface area contributed by atoms with Gasteiger partial charge in [-0.05, 0) is 42.8 Å². The van der Waals surface area contributed by atoms with Gasteiger partial charge in [-0.1, -0.05) is 29.8 Å². The lowest BCUT2D eigenvalue weighted by Crippen LogP contribution is -2.07. The molecule has 0 atom stereocenters. The lowest BCUT2D eigenvalue weighted by molar-refractivity contribution is -0.111. The van der Waals surface area contributed by atoms with Crippen molar-refractivity contribution in [3.05, 3.63) is 65.2 Å². The van der Waals surface area contributed by atoms with E-state index in [2.05, 4.69) is 5.32 Å². The van der Waals surface area contributed by atoms with Crippen LogP contribution in [0.2, 0.25) is 5.02 Å². The van der Waals surface area contributed by atoms with Gasteiger partial charge >= 0.3 is 0 Å². The first kappa shape index (κ1) is 15.1. The van der Waals surface area contributed by atoms with E-state index in [-0.39, 0.29) is 5.91 Å². The van der Waals surface area contributed by atoms with Gasteiger partial charge in [0.2, 0.25) is 5.91 Å². The monoisotopic (exact) mass is 301 g/mol. The number of halogens is 1. The van der Waals surface area contributed by atoms with Gasteiger partial charge in [-0.25, -0.2) is 0 Å². The molecule has 0 fully saturated rings. The number of nitrogens with one attached hydrogen (secondary N) is 1. The molecule has 2 rings (SSSR count). The van der Waals surface area contributed by atoms with E-state index in [1.807, 2.05) is 37.3 Å². The molecule has 4 heteroatoms. The number of benzene rings is 2. The summed E-state index contributed by atoms with van der Waals surface area (Å²) >= 11 is 5.81. The van der Waals surface area contributed by atoms with Crippen molar-refractivity contribution >= 4 is 29.3 Å². The van der Waals surface area contributed by atoms with Crippen LogP contribution >= 0.6 is 11.6 Å². The van der Waals surface area contributed by atoms with E-state index in [1.54, 1.807) is 24.3 Å². The zero-order chi connectivity index (χ0) is 15.1. The van der Waals surface area contributed by atoms with Crippen LogP contribution in [0.1, 0.15) is 12.5 Å². The van der Waals surface area contributed by atoms with Gasteiger partial charge in [0.1, 0.15) is 5.75 Å². The molecular formula is C17H16ClNO2. The minimum absolute atomic E-state index is 0.196. The Kier molecular flexibility index (Phi) is 5.41. The molecular weight excluding hydrogens is 286 g/mol. The molecule has 2 aromatic rings. The average Bonchev–Trinajstić information content (AvgIpc) is 2.47. The molecule has 0 aliphatic rings. The largest absolute Gasteiger partial charge is 0.494 e. The van der Waals surface area contributed by atoms with Crippen molar-refractivity contribution in [3.63, 3.8) is 0 Å². The predicted octanol–water partition coefficient (Wildman–Crippen LogP) is 4.39. The third-order valence-electron chi connectivity index (χ3n) is 2.71. The second-order valence-electron chi connectivity index (χ2n) is 4.33. The predicted molar refractivity (Wildman–Crippen MR) is 86.7 cm³/mol. The molecule has 2 aromatic carbocycles. The maximum Gasteiger partial charge on any atom is 0.248 e. The summed E-state index contributed by atoms with van der Waals surface area (Å²) < 4.78 is 5.39. The number of hydrogen-bond donors (Lipinski definition) is 1. The summed E-state index contributed by atoms with van der Waals surface area (Å²) in [6, 6.07) is 14.6. The summed E-state index contributed by atoms with van der Waals surface area (Å²) in [4.78, 5) is 11.9. The molecule has 0 aromatic heterocycles. The van der Waals surface area contributed by atoms with E-state index in [0.717, 1.165) is 11.3 Å². The number of ether oxygens (including phenoxy) is 1. The van der Waals surface area contributed by atoms with Gasteiger partial charge in [0, 0.05) is 22.9 Å². The van der Waals surface area contributed by atoms with E-state index in [1.165, 1.54) is 6.08 Å². The molecule has 1 amide bonds. The maximum atomic E-state index is 11.9. The molecule has 0 radical (unpaired) electrons. The summed E-state index contributed by atoms with van der Waals surface area (Å²) in [7, 11) is 0. The van der Waals surface area contributed by atoms with Crippen molar-refractivity contribution in [2.45, 2.75) is 6.92 Å². The van der Waals surface area contributed by atoms with Gasteiger partial charge in [0.15, 0.2) is 0 Å². The topological polar surface area (TPSA) is 38.3 Å². The number of carbonyl (C=O) groups excluding carboxylic acids is 1. The smallest absolute Gasteiger partial charge is 0.248 e. The highest BCUT2D eigenvalue weighted by molar-refractivity contribution is 6.30. The van der Waals surface area contributed by atoms with Crippen molar-refractivity contribution < 1.29 is 9.53 Å². The lowest BCUT2D eigenvalue weighted by atomic mass is 10.2. The quantitative estimate of drug-likeness (QED) is 0.832. The fourth-order valence-corrected chi connectivity index (χ4v) is 1.89. The van der Waals surface area contributed by atoms with Gasteiger partial charge in [-0.2, -0.15) is 0 Å². The van der Waals surface area contributed by atoms with Gasteiger partial charge in [0.25, 0.3) is 0 Å². The van der Waals surface area contributed by atoms with E-state index in [4.69, 9.17) is 16.3 Å². The Morgan fingerprint density at radius 3 is 2.71 bits per heavy atom. The molecule has 108 valence electrons. The summed E-state index contributed by atoms with van der Waals surface area (Å²) in [5, 5.41) is 3.46. The Morgan fingerprint density at radius 1 is 1.24 bits per heavy atom. The molecule has 0 saturated heterocycles. The van der Waals surface area contributed by atoms with Gasteiger partial charge < -0.3 is 10.1 Å². The first-order valence-corrected chi connectivity index (χ1v) is 7.02. The number of carbonyl (C=O) groups is 1. The molecule has 21 heavy (non-hydrogen) atoms. The van der Waals surface area contributed by atoms with Crippen LogP contribution < -0.4 is 10.1 Å². The standard InChI is InChI=1S/C17H16ClNO2/c1-2-21-16-5-3-4-15(12-16)19-17(20)11-8-13-6-9-14(18)10-7-13/h3-12H,2H2,1H3,(H,19,20)/b11-8+. The Hall–Kier alpha value is -2.26. The van der Waals surface area contributed by atoms with Crippen LogP contribution in [-0.2, 0) is 4.79 Å². The fraction of sp³-hybridized carbons (Fsp3) is 0.118. The zero-order valence-corrected chi connectivity index (χ0v) is 12.4. The number of amides is 1. The molecule has 1 N–H and O–H groups in total. The molecule has 0 unspecified atom stereocenters. The van der Waals surface area contributed by atoms with Crippen LogP contribution in [0.3, 0.4) is 0 Å². The van der Waals surface area contributed by atoms with Crippen molar-refractivity contribution in [2.24, 2.45) is 0 Å². The van der Waals surface area contributed by atoms with E-state index >= 15 is 0 Å². The van der Waals surface area contributed by atoms with Crippen LogP contribution in [0.25, 0.3) is 6.08 Å². The summed E-state index contributed by atoms with van der Waals surface area (Å²) in [5.74, 6) is 0.538. The van der Waals surface area contributed by atoms with Crippen molar-refractivity contribution in [1.29, 1.82) is 0 Å². The van der Waals surface area contributed by atoms with Gasteiger partial charge in [-0.15, -0.1) is 0 Å². The minimum atomic E-state index is -0.196. The van der Waals surface area contributed by atoms with Crippen molar-refractivity contribution in [3.8, 4) is 5.75 Å². The minimum Gasteiger partial charge on any atom is -0.494 e. The van der Waals surface area contributed by atoms with Crippen LogP contribution in [0.15, 0.2) is 54.6 Å². The van der Waals surface area contributed by atoms with E-state index < -0.39 is 0 Å². The number of rotatable bonds is 5. The first-order valence-electron chi connectivity index (χ1n) is 6.65. The highest BCUT2D eigenvalue weighted by Crippen LogP contribution is 2.17. The molecule has 0 aliphatic carbocycles. The summed E-state index contributed by atoms with van der Waals surface area (Å²) in [6.45, 7) is 2.51. The molecule has 3 nitrogen and oxygen atoms in total. The Labute approximate surface area is 129 Å². The van der Waals surface area contributed by atoms with E-state index in [0.29, 0.717) is 17.3 Å². The second-order valence-corrected chi connectivity index (χ2v) is 4.77. The van der Waals surface area contributed by atoms with Crippen molar-refractivity contribution in [1.82, 2.24) is 0 Å². The van der Waals surface area contributed by atoms with Crippen LogP contribution in [0, 0.1) is 0 Å². The molecule has 0 aliphatic heterocycles. The SMILES string of the molecule is CCOc1cccc(NC(=O)/C=C/c2ccc(Cl)cc2)c1. The lowest BCUT2D eigenvalue weighted by Gasteiger charge is -2.06. The Morgan fingerprint density at radius 2 is 2.00 bits per heavy atom. The Balaban J connectivity index is 1.98. The fourth-order valence-electron chi connectivity index (χ4n) is 1.76. The molecule has 0 bridgehead atoms. The zero-order valence-electron chi connectivity index (χ0n) is 11.7. The summed E-state index contributed by atoms with van der Waals surface area (Å²) in [6.07, 6.45) is 3.22. The normalized spacial score (nSPS) is 10.6. The maximum absolute atomic E-state index is 11.9. The van der Waals surface area contributed by atoms with Crippen LogP contribution in [0.5, 0.6) is 5.75 Å². The van der Waals surface area contributed by atoms with Gasteiger partial charge in [-0.3, -0.25) is 4.79 Å².